The standard InChI is InChI=1S/C26H25N3O5/c1-25(2,3)23(30)22-21(17-9-12-18(13-10-17)29(32)33)26(15-27,24(31)34-4)20-14-11-16-7-5-6-8-19(16)28(20)22/h5-14,20-22H,1-4H3. The Morgan fingerprint density at radius 2 is 1.79 bits per heavy atom. The summed E-state index contributed by atoms with van der Waals surface area (Å²) in [6, 6.07) is 13.8. The van der Waals surface area contributed by atoms with E-state index in [0.717, 1.165) is 11.3 Å². The lowest BCUT2D eigenvalue weighted by Gasteiger charge is -2.37. The molecule has 4 unspecified atom stereocenters. The second-order valence-electron chi connectivity index (χ2n) is 9.63. The molecular formula is C26H25N3O5. The van der Waals surface area contributed by atoms with E-state index in [-0.39, 0.29) is 11.5 Å². The van der Waals surface area contributed by atoms with Crippen molar-refractivity contribution in [2.75, 3.05) is 12.0 Å². The topological polar surface area (TPSA) is 114 Å². The summed E-state index contributed by atoms with van der Waals surface area (Å²) in [6.07, 6.45) is 3.62. The summed E-state index contributed by atoms with van der Waals surface area (Å²) in [5, 5.41) is 21.8. The minimum Gasteiger partial charge on any atom is -0.468 e. The van der Waals surface area contributed by atoms with Gasteiger partial charge in [0, 0.05) is 29.2 Å². The van der Waals surface area contributed by atoms with Crippen LogP contribution in [-0.4, -0.2) is 35.9 Å². The van der Waals surface area contributed by atoms with Crippen molar-refractivity contribution in [3.8, 4) is 6.07 Å². The molecule has 0 radical (unpaired) electrons. The van der Waals surface area contributed by atoms with E-state index in [2.05, 4.69) is 6.07 Å². The third kappa shape index (κ3) is 3.27. The summed E-state index contributed by atoms with van der Waals surface area (Å²) in [6.45, 7) is 5.40. The third-order valence-electron chi connectivity index (χ3n) is 6.72. The number of hydrogen-bond donors (Lipinski definition) is 0. The summed E-state index contributed by atoms with van der Waals surface area (Å²) in [5.41, 5.74) is -0.562. The molecule has 8 heteroatoms. The fourth-order valence-electron chi connectivity index (χ4n) is 5.16. The zero-order valence-electron chi connectivity index (χ0n) is 19.4. The smallest absolute Gasteiger partial charge is 0.329 e. The van der Waals surface area contributed by atoms with E-state index < -0.39 is 39.7 Å². The number of rotatable bonds is 4. The van der Waals surface area contributed by atoms with Crippen molar-refractivity contribution >= 4 is 29.2 Å². The number of nitriles is 1. The molecule has 1 fully saturated rings. The SMILES string of the molecule is COC(=O)C1(C#N)C(c2ccc([N+](=O)[O-])cc2)C(C(=O)C(C)(C)C)N2c3ccccc3C=CC21. The van der Waals surface area contributed by atoms with Crippen LogP contribution in [-0.2, 0) is 14.3 Å². The highest BCUT2D eigenvalue weighted by atomic mass is 16.6. The number of ether oxygens (including phenoxy) is 1. The van der Waals surface area contributed by atoms with E-state index >= 15 is 0 Å². The van der Waals surface area contributed by atoms with E-state index in [4.69, 9.17) is 4.74 Å². The van der Waals surface area contributed by atoms with Crippen LogP contribution in [0.25, 0.3) is 6.08 Å². The molecule has 0 amide bonds. The van der Waals surface area contributed by atoms with Crippen molar-refractivity contribution in [3.63, 3.8) is 0 Å². The number of Topliss-reactive ketones (excluding diaryl/α,β-unsaturated/α-hetero) is 1. The number of benzene rings is 2. The van der Waals surface area contributed by atoms with Gasteiger partial charge in [-0.15, -0.1) is 0 Å². The van der Waals surface area contributed by atoms with Crippen LogP contribution >= 0.6 is 0 Å². The molecule has 0 aliphatic carbocycles. The lowest BCUT2D eigenvalue weighted by atomic mass is 9.67. The van der Waals surface area contributed by atoms with Crippen LogP contribution in [0.2, 0.25) is 0 Å². The number of para-hydroxylation sites is 1. The Bertz CT molecular complexity index is 1240. The molecule has 0 saturated carbocycles. The summed E-state index contributed by atoms with van der Waals surface area (Å²) in [4.78, 5) is 39.9. The van der Waals surface area contributed by atoms with Crippen molar-refractivity contribution < 1.29 is 19.2 Å². The molecular weight excluding hydrogens is 434 g/mol. The Hall–Kier alpha value is -3.99. The van der Waals surface area contributed by atoms with Gasteiger partial charge < -0.3 is 9.64 Å². The number of carbonyl (C=O) groups is 2. The van der Waals surface area contributed by atoms with Gasteiger partial charge in [0.15, 0.2) is 11.2 Å². The van der Waals surface area contributed by atoms with Crippen LogP contribution in [0.5, 0.6) is 0 Å². The number of carbonyl (C=O) groups excluding carboxylic acids is 2. The van der Waals surface area contributed by atoms with E-state index in [1.807, 2.05) is 35.2 Å². The van der Waals surface area contributed by atoms with Gasteiger partial charge in [-0.2, -0.15) is 5.26 Å². The minimum absolute atomic E-state index is 0.121. The average Bonchev–Trinajstić information content (AvgIpc) is 3.13. The van der Waals surface area contributed by atoms with Crippen LogP contribution in [0.15, 0.2) is 54.6 Å². The van der Waals surface area contributed by atoms with E-state index in [9.17, 15) is 25.0 Å². The van der Waals surface area contributed by atoms with Crippen LogP contribution in [0.1, 0.15) is 37.8 Å². The van der Waals surface area contributed by atoms with E-state index in [1.165, 1.54) is 31.4 Å². The summed E-state index contributed by atoms with van der Waals surface area (Å²) in [5.74, 6) is -1.81. The van der Waals surface area contributed by atoms with Gasteiger partial charge in [0.2, 0.25) is 0 Å². The maximum Gasteiger partial charge on any atom is 0.329 e. The molecule has 2 aromatic carbocycles. The highest BCUT2D eigenvalue weighted by Crippen LogP contribution is 2.57. The highest BCUT2D eigenvalue weighted by molar-refractivity contribution is 5.99. The first-order chi connectivity index (χ1) is 16.1. The summed E-state index contributed by atoms with van der Waals surface area (Å²) in [7, 11) is 1.22. The first-order valence-electron chi connectivity index (χ1n) is 10.9. The first-order valence-corrected chi connectivity index (χ1v) is 10.9. The molecule has 2 heterocycles. The van der Waals surface area contributed by atoms with Gasteiger partial charge >= 0.3 is 5.97 Å². The highest BCUT2D eigenvalue weighted by Gasteiger charge is 2.67. The number of fused-ring (bicyclic) bond motifs is 3. The first kappa shape index (κ1) is 23.2. The van der Waals surface area contributed by atoms with Gasteiger partial charge in [0.1, 0.15) is 0 Å². The number of ketones is 1. The zero-order chi connectivity index (χ0) is 24.8. The molecule has 4 rings (SSSR count). The van der Waals surface area contributed by atoms with Crippen LogP contribution in [0, 0.1) is 32.3 Å². The molecule has 2 aliphatic rings. The van der Waals surface area contributed by atoms with Crippen LogP contribution < -0.4 is 4.90 Å². The Morgan fingerprint density at radius 1 is 1.15 bits per heavy atom. The van der Waals surface area contributed by atoms with Crippen LogP contribution in [0.4, 0.5) is 11.4 Å². The Balaban J connectivity index is 2.04. The largest absolute Gasteiger partial charge is 0.468 e. The van der Waals surface area contributed by atoms with Gasteiger partial charge in [-0.1, -0.05) is 63.3 Å². The molecule has 34 heavy (non-hydrogen) atoms. The van der Waals surface area contributed by atoms with Gasteiger partial charge in [-0.3, -0.25) is 19.7 Å². The lowest BCUT2D eigenvalue weighted by Crippen LogP contribution is -2.48. The number of non-ortho nitro benzene ring substituents is 1. The number of nitrogens with zero attached hydrogens (tertiary/aromatic N) is 3. The number of esters is 1. The Kier molecular flexibility index (Phi) is 5.52. The maximum atomic E-state index is 14.0. The molecule has 8 nitrogen and oxygen atoms in total. The van der Waals surface area contributed by atoms with E-state index in [1.54, 1.807) is 26.8 Å². The van der Waals surface area contributed by atoms with Crippen molar-refractivity contribution in [1.82, 2.24) is 0 Å². The molecule has 4 atom stereocenters. The quantitative estimate of drug-likeness (QED) is 0.381. The monoisotopic (exact) mass is 459 g/mol. The lowest BCUT2D eigenvalue weighted by molar-refractivity contribution is -0.384. The molecule has 0 aromatic heterocycles. The molecule has 0 N–H and O–H groups in total. The Morgan fingerprint density at radius 3 is 2.35 bits per heavy atom. The van der Waals surface area contributed by atoms with Crippen molar-refractivity contribution in [2.24, 2.45) is 10.8 Å². The second kappa shape index (κ2) is 8.10. The van der Waals surface area contributed by atoms with Gasteiger partial charge in [0.25, 0.3) is 5.69 Å². The number of methoxy groups -OCH3 is 1. The van der Waals surface area contributed by atoms with Gasteiger partial charge in [0.05, 0.1) is 30.2 Å². The Labute approximate surface area is 197 Å². The number of nitro groups is 1. The number of nitro benzene ring substituents is 1. The van der Waals surface area contributed by atoms with Gasteiger partial charge in [-0.05, 0) is 17.2 Å². The molecule has 174 valence electrons. The van der Waals surface area contributed by atoms with Gasteiger partial charge in [-0.25, -0.2) is 0 Å². The molecule has 2 aliphatic heterocycles. The van der Waals surface area contributed by atoms with Crippen molar-refractivity contribution in [2.45, 2.75) is 38.8 Å². The second-order valence-corrected chi connectivity index (χ2v) is 9.63. The van der Waals surface area contributed by atoms with Crippen molar-refractivity contribution in [3.05, 3.63) is 75.8 Å². The number of hydrogen-bond acceptors (Lipinski definition) is 7. The van der Waals surface area contributed by atoms with E-state index in [0.29, 0.717) is 5.56 Å². The fourth-order valence-corrected chi connectivity index (χ4v) is 5.16. The third-order valence-corrected chi connectivity index (χ3v) is 6.72. The maximum absolute atomic E-state index is 14.0. The molecule has 2 aromatic rings. The fraction of sp³-hybridized carbons (Fsp3) is 0.346. The van der Waals surface area contributed by atoms with Crippen molar-refractivity contribution in [1.29, 1.82) is 5.26 Å². The summed E-state index contributed by atoms with van der Waals surface area (Å²) >= 11 is 0. The molecule has 1 saturated heterocycles. The molecule has 0 bridgehead atoms. The minimum atomic E-state index is -1.75. The van der Waals surface area contributed by atoms with Crippen LogP contribution in [0.3, 0.4) is 0 Å². The average molecular weight is 460 g/mol. The predicted octanol–water partition coefficient (Wildman–Crippen LogP) is 4.26. The number of anilines is 1. The normalized spacial score (nSPS) is 25.1. The summed E-state index contributed by atoms with van der Waals surface area (Å²) < 4.78 is 5.15. The predicted molar refractivity (Wildman–Crippen MR) is 126 cm³/mol. The molecule has 0 spiro atoms. The zero-order valence-corrected chi connectivity index (χ0v) is 19.4.